The van der Waals surface area contributed by atoms with Crippen LogP contribution in [0.15, 0.2) is 65.8 Å². The molecule has 2 aromatic carbocycles. The van der Waals surface area contributed by atoms with Crippen LogP contribution in [0.4, 0.5) is 5.13 Å². The van der Waals surface area contributed by atoms with E-state index < -0.39 is 0 Å². The Morgan fingerprint density at radius 3 is 2.63 bits per heavy atom. The van der Waals surface area contributed by atoms with Gasteiger partial charge in [0.25, 0.3) is 0 Å². The fraction of sp³-hybridized carbons (Fsp3) is 0.174. The van der Waals surface area contributed by atoms with E-state index in [1.807, 2.05) is 61.7 Å². The highest BCUT2D eigenvalue weighted by Crippen LogP contribution is 2.34. The quantitative estimate of drug-likeness (QED) is 0.328. The van der Waals surface area contributed by atoms with Crippen LogP contribution in [0.1, 0.15) is 16.7 Å². The van der Waals surface area contributed by atoms with Gasteiger partial charge in [0.15, 0.2) is 5.13 Å². The van der Waals surface area contributed by atoms with E-state index in [4.69, 9.17) is 16.6 Å². The lowest BCUT2D eigenvalue weighted by molar-refractivity contribution is -0.118. The minimum atomic E-state index is -0.00133. The van der Waals surface area contributed by atoms with Crippen molar-refractivity contribution in [3.63, 3.8) is 0 Å². The van der Waals surface area contributed by atoms with Gasteiger partial charge in [-0.3, -0.25) is 14.7 Å². The standard InChI is InChI=1S/C23H20ClN3OS2/c1-15-19(24)9-10-20-22(15)26-23(30-20)27(14-17-4-3-11-25-13-17)21(28)12-16-5-7-18(29-2)8-6-16/h3-11,13H,12,14H2,1-2H3. The summed E-state index contributed by atoms with van der Waals surface area (Å²) in [7, 11) is 0. The van der Waals surface area contributed by atoms with Gasteiger partial charge in [0, 0.05) is 22.3 Å². The molecule has 0 saturated heterocycles. The number of nitrogens with zero attached hydrogens (tertiary/aromatic N) is 3. The van der Waals surface area contributed by atoms with Gasteiger partial charge in [0.1, 0.15) is 0 Å². The highest BCUT2D eigenvalue weighted by Gasteiger charge is 2.21. The van der Waals surface area contributed by atoms with E-state index in [0.717, 1.165) is 26.9 Å². The Bertz CT molecular complexity index is 1180. The molecule has 7 heteroatoms. The Morgan fingerprint density at radius 2 is 1.93 bits per heavy atom. The predicted octanol–water partition coefficient (Wildman–Crippen LogP) is 6.15. The molecule has 30 heavy (non-hydrogen) atoms. The lowest BCUT2D eigenvalue weighted by atomic mass is 10.1. The number of fused-ring (bicyclic) bond motifs is 1. The monoisotopic (exact) mass is 453 g/mol. The number of hydrogen-bond donors (Lipinski definition) is 0. The van der Waals surface area contributed by atoms with Gasteiger partial charge in [-0.15, -0.1) is 11.8 Å². The van der Waals surface area contributed by atoms with Crippen molar-refractivity contribution in [1.82, 2.24) is 9.97 Å². The lowest BCUT2D eigenvalue weighted by Gasteiger charge is -2.20. The van der Waals surface area contributed by atoms with Crippen molar-refractivity contribution in [2.24, 2.45) is 0 Å². The number of thioether (sulfide) groups is 1. The van der Waals surface area contributed by atoms with E-state index in [2.05, 4.69) is 4.98 Å². The number of carbonyl (C=O) groups is 1. The Morgan fingerprint density at radius 1 is 1.13 bits per heavy atom. The first-order valence-electron chi connectivity index (χ1n) is 9.43. The van der Waals surface area contributed by atoms with Crippen LogP contribution < -0.4 is 4.90 Å². The second-order valence-electron chi connectivity index (χ2n) is 6.88. The molecule has 0 saturated carbocycles. The van der Waals surface area contributed by atoms with Crippen LogP contribution in [0.3, 0.4) is 0 Å². The average molecular weight is 454 g/mol. The number of benzene rings is 2. The van der Waals surface area contributed by atoms with Gasteiger partial charge in [0.2, 0.25) is 5.91 Å². The number of thiazole rings is 1. The van der Waals surface area contributed by atoms with Gasteiger partial charge < -0.3 is 0 Å². The molecule has 2 aromatic heterocycles. The number of aromatic nitrogens is 2. The third-order valence-corrected chi connectivity index (χ3v) is 7.04. The highest BCUT2D eigenvalue weighted by molar-refractivity contribution is 7.98. The summed E-state index contributed by atoms with van der Waals surface area (Å²) in [4.78, 5) is 25.2. The molecular formula is C23H20ClN3OS2. The minimum absolute atomic E-state index is 0.00133. The summed E-state index contributed by atoms with van der Waals surface area (Å²) >= 11 is 9.46. The number of aryl methyl sites for hydroxylation is 1. The molecule has 0 atom stereocenters. The summed E-state index contributed by atoms with van der Waals surface area (Å²) in [5.74, 6) is -0.00133. The first-order valence-corrected chi connectivity index (χ1v) is 11.8. The van der Waals surface area contributed by atoms with Crippen molar-refractivity contribution in [3.8, 4) is 0 Å². The second kappa shape index (κ2) is 9.16. The van der Waals surface area contributed by atoms with Crippen molar-refractivity contribution in [2.75, 3.05) is 11.2 Å². The predicted molar refractivity (Wildman–Crippen MR) is 127 cm³/mol. The fourth-order valence-corrected chi connectivity index (χ4v) is 4.76. The maximum atomic E-state index is 13.3. The number of halogens is 1. The summed E-state index contributed by atoms with van der Waals surface area (Å²) in [5, 5.41) is 1.35. The molecule has 0 aliphatic heterocycles. The Kier molecular flexibility index (Phi) is 6.37. The number of amides is 1. The SMILES string of the molecule is CSc1ccc(CC(=O)N(Cc2cccnc2)c2nc3c(C)c(Cl)ccc3s2)cc1. The van der Waals surface area contributed by atoms with Gasteiger partial charge in [-0.1, -0.05) is 41.1 Å². The molecule has 2 heterocycles. The van der Waals surface area contributed by atoms with Crippen LogP contribution in [0.5, 0.6) is 0 Å². The smallest absolute Gasteiger partial charge is 0.233 e. The number of hydrogen-bond acceptors (Lipinski definition) is 5. The zero-order valence-corrected chi connectivity index (χ0v) is 19.0. The molecule has 0 unspecified atom stereocenters. The van der Waals surface area contributed by atoms with Crippen molar-refractivity contribution < 1.29 is 4.79 Å². The van der Waals surface area contributed by atoms with Gasteiger partial charge >= 0.3 is 0 Å². The van der Waals surface area contributed by atoms with Gasteiger partial charge in [-0.2, -0.15) is 0 Å². The van der Waals surface area contributed by atoms with E-state index in [0.29, 0.717) is 23.1 Å². The largest absolute Gasteiger partial charge is 0.283 e. The Labute approximate surface area is 188 Å². The zero-order valence-electron chi connectivity index (χ0n) is 16.6. The maximum Gasteiger partial charge on any atom is 0.233 e. The molecule has 0 radical (unpaired) electrons. The molecule has 4 nitrogen and oxygen atoms in total. The van der Waals surface area contributed by atoms with Crippen LogP contribution >= 0.6 is 34.7 Å². The Hall–Kier alpha value is -2.41. The summed E-state index contributed by atoms with van der Waals surface area (Å²) in [6.07, 6.45) is 5.86. The van der Waals surface area contributed by atoms with Gasteiger partial charge in [-0.05, 0) is 60.2 Å². The summed E-state index contributed by atoms with van der Waals surface area (Å²) in [6, 6.07) is 15.8. The molecular weight excluding hydrogens is 434 g/mol. The van der Waals surface area contributed by atoms with E-state index in [1.165, 1.54) is 16.2 Å². The maximum absolute atomic E-state index is 13.3. The van der Waals surface area contributed by atoms with E-state index >= 15 is 0 Å². The topological polar surface area (TPSA) is 46.1 Å². The fourth-order valence-electron chi connectivity index (χ4n) is 3.15. The molecule has 0 aliphatic carbocycles. The molecule has 0 aliphatic rings. The van der Waals surface area contributed by atoms with Crippen LogP contribution in [0.2, 0.25) is 5.02 Å². The molecule has 1 amide bonds. The van der Waals surface area contributed by atoms with Crippen molar-refractivity contribution in [2.45, 2.75) is 24.8 Å². The van der Waals surface area contributed by atoms with Crippen molar-refractivity contribution in [3.05, 3.63) is 82.6 Å². The molecule has 4 aromatic rings. The average Bonchev–Trinajstić information content (AvgIpc) is 3.20. The van der Waals surface area contributed by atoms with Crippen LogP contribution in [-0.2, 0) is 17.8 Å². The summed E-state index contributed by atoms with van der Waals surface area (Å²) < 4.78 is 1.01. The third kappa shape index (κ3) is 4.51. The van der Waals surface area contributed by atoms with Gasteiger partial charge in [-0.25, -0.2) is 4.98 Å². The molecule has 4 rings (SSSR count). The van der Waals surface area contributed by atoms with Crippen molar-refractivity contribution >= 4 is 56.0 Å². The molecule has 0 fully saturated rings. The second-order valence-corrected chi connectivity index (χ2v) is 9.18. The Balaban J connectivity index is 1.68. The normalized spacial score (nSPS) is 11.0. The van der Waals surface area contributed by atoms with E-state index in [9.17, 15) is 4.79 Å². The van der Waals surface area contributed by atoms with Crippen molar-refractivity contribution in [1.29, 1.82) is 0 Å². The highest BCUT2D eigenvalue weighted by atomic mass is 35.5. The first kappa shape index (κ1) is 20.8. The molecule has 0 bridgehead atoms. The minimum Gasteiger partial charge on any atom is -0.283 e. The molecule has 0 N–H and O–H groups in total. The first-order chi connectivity index (χ1) is 14.5. The number of anilines is 1. The summed E-state index contributed by atoms with van der Waals surface area (Å²) in [5.41, 5.74) is 3.71. The van der Waals surface area contributed by atoms with Crippen LogP contribution in [0.25, 0.3) is 10.2 Å². The lowest BCUT2D eigenvalue weighted by Crippen LogP contribution is -2.31. The third-order valence-electron chi connectivity index (χ3n) is 4.85. The van der Waals surface area contributed by atoms with E-state index in [-0.39, 0.29) is 5.91 Å². The number of rotatable bonds is 6. The van der Waals surface area contributed by atoms with Gasteiger partial charge in [0.05, 0.1) is 23.2 Å². The number of carbonyl (C=O) groups excluding carboxylic acids is 1. The van der Waals surface area contributed by atoms with Crippen LogP contribution in [-0.4, -0.2) is 22.1 Å². The molecule has 0 spiro atoms. The zero-order chi connectivity index (χ0) is 21.1. The number of pyridine rings is 1. The van der Waals surface area contributed by atoms with E-state index in [1.54, 1.807) is 29.1 Å². The van der Waals surface area contributed by atoms with Crippen LogP contribution in [0, 0.1) is 6.92 Å². The summed E-state index contributed by atoms with van der Waals surface area (Å²) in [6.45, 7) is 2.37. The molecule has 152 valence electrons.